The Morgan fingerprint density at radius 3 is 2.48 bits per heavy atom. The van der Waals surface area contributed by atoms with Gasteiger partial charge in [-0.05, 0) is 35.9 Å². The van der Waals surface area contributed by atoms with Crippen molar-refractivity contribution in [1.29, 1.82) is 0 Å². The Balaban J connectivity index is 2.05. The van der Waals surface area contributed by atoms with Gasteiger partial charge in [-0.3, -0.25) is 0 Å². The molecule has 0 saturated heterocycles. The first kappa shape index (κ1) is 17.1. The first-order chi connectivity index (χ1) is 13.0. The highest BCUT2D eigenvalue weighted by Gasteiger charge is 2.34. The molecule has 3 aromatic rings. The molecule has 4 N–H and O–H groups in total. The average Bonchev–Trinajstić information content (AvgIpc) is 2.66. The van der Waals surface area contributed by atoms with Crippen molar-refractivity contribution in [3.63, 3.8) is 0 Å². The molecular formula is C20H16N2O4S. The molecule has 4 rings (SSSR count). The second kappa shape index (κ2) is 6.44. The quantitative estimate of drug-likeness (QED) is 0.532. The van der Waals surface area contributed by atoms with Crippen LogP contribution in [0.15, 0.2) is 69.2 Å². The summed E-state index contributed by atoms with van der Waals surface area (Å²) in [4.78, 5) is 12.0. The lowest BCUT2D eigenvalue weighted by atomic mass is 9.82. The predicted molar refractivity (Wildman–Crippen MR) is 106 cm³/mol. The molecule has 0 fully saturated rings. The molecule has 1 aliphatic rings. The number of methoxy groups -OCH3 is 1. The molecule has 0 radical (unpaired) electrons. The fraction of sp³-hybridized carbons (Fsp3) is 0.100. The van der Waals surface area contributed by atoms with E-state index in [4.69, 9.17) is 37.6 Å². The summed E-state index contributed by atoms with van der Waals surface area (Å²) in [6, 6.07) is 14.1. The normalized spacial score (nSPS) is 16.0. The minimum absolute atomic E-state index is 0.120. The lowest BCUT2D eigenvalue weighted by molar-refractivity contribution is 0.393. The van der Waals surface area contributed by atoms with E-state index < -0.39 is 11.5 Å². The van der Waals surface area contributed by atoms with E-state index in [0.717, 1.165) is 10.9 Å². The smallest absolute Gasteiger partial charge is 0.336 e. The van der Waals surface area contributed by atoms with Gasteiger partial charge < -0.3 is 25.4 Å². The number of hydrogen-bond donors (Lipinski definition) is 2. The maximum absolute atomic E-state index is 11.9. The summed E-state index contributed by atoms with van der Waals surface area (Å²) in [7, 11) is 1.60. The summed E-state index contributed by atoms with van der Waals surface area (Å²) in [6.07, 6.45) is 0. The van der Waals surface area contributed by atoms with Crippen molar-refractivity contribution in [2.24, 2.45) is 11.5 Å². The van der Waals surface area contributed by atoms with Gasteiger partial charge in [0, 0.05) is 17.4 Å². The molecule has 27 heavy (non-hydrogen) atoms. The molecule has 1 unspecified atom stereocenters. The standard InChI is InChI=1S/C20H16N2O4S/c1-24-12-6-2-10(3-7-12)15-16-13(25-19(21)17(15)20(22)27)8-4-11-5-9-14(23)26-18(11)16/h2-9,15H,21H2,1H3,(H2,22,27). The summed E-state index contributed by atoms with van der Waals surface area (Å²) < 4.78 is 16.5. The van der Waals surface area contributed by atoms with Crippen LogP contribution in [0.25, 0.3) is 11.0 Å². The minimum Gasteiger partial charge on any atom is -0.497 e. The Labute approximate surface area is 160 Å². The van der Waals surface area contributed by atoms with E-state index in [0.29, 0.717) is 28.2 Å². The van der Waals surface area contributed by atoms with Crippen LogP contribution < -0.4 is 26.6 Å². The maximum atomic E-state index is 11.9. The van der Waals surface area contributed by atoms with Crippen LogP contribution in [0.1, 0.15) is 17.0 Å². The molecule has 0 aliphatic carbocycles. The number of nitrogens with two attached hydrogens (primary N) is 2. The van der Waals surface area contributed by atoms with Gasteiger partial charge in [-0.25, -0.2) is 4.79 Å². The molecule has 0 amide bonds. The Bertz CT molecular complexity index is 1150. The van der Waals surface area contributed by atoms with Crippen molar-refractivity contribution in [3.05, 3.63) is 81.5 Å². The van der Waals surface area contributed by atoms with Crippen LogP contribution in [0, 0.1) is 0 Å². The van der Waals surface area contributed by atoms with Crippen molar-refractivity contribution in [1.82, 2.24) is 0 Å². The molecule has 2 heterocycles. The lowest BCUT2D eigenvalue weighted by Gasteiger charge is -2.29. The van der Waals surface area contributed by atoms with Gasteiger partial charge in [-0.2, -0.15) is 0 Å². The summed E-state index contributed by atoms with van der Waals surface area (Å²) in [5.74, 6) is 0.902. The molecule has 2 aromatic carbocycles. The van der Waals surface area contributed by atoms with Crippen LogP contribution in [0.5, 0.6) is 11.5 Å². The third-order valence-corrected chi connectivity index (χ3v) is 4.79. The summed E-state index contributed by atoms with van der Waals surface area (Å²) in [5.41, 5.74) is 14.1. The number of fused-ring (bicyclic) bond motifs is 3. The van der Waals surface area contributed by atoms with Gasteiger partial charge in [-0.15, -0.1) is 0 Å². The van der Waals surface area contributed by atoms with Gasteiger partial charge in [0.05, 0.1) is 18.2 Å². The van der Waals surface area contributed by atoms with Crippen LogP contribution in [-0.2, 0) is 0 Å². The summed E-state index contributed by atoms with van der Waals surface area (Å²) >= 11 is 5.24. The van der Waals surface area contributed by atoms with Gasteiger partial charge in [0.25, 0.3) is 0 Å². The zero-order chi connectivity index (χ0) is 19.1. The first-order valence-corrected chi connectivity index (χ1v) is 8.58. The van der Waals surface area contributed by atoms with Crippen molar-refractivity contribution in [2.75, 3.05) is 7.11 Å². The van der Waals surface area contributed by atoms with Crippen LogP contribution in [-0.4, -0.2) is 12.1 Å². The zero-order valence-electron chi connectivity index (χ0n) is 14.4. The highest BCUT2D eigenvalue weighted by atomic mass is 32.1. The van der Waals surface area contributed by atoms with Crippen molar-refractivity contribution >= 4 is 28.2 Å². The van der Waals surface area contributed by atoms with E-state index in [9.17, 15) is 4.79 Å². The van der Waals surface area contributed by atoms with E-state index in [-0.39, 0.29) is 10.9 Å². The van der Waals surface area contributed by atoms with Crippen molar-refractivity contribution < 1.29 is 13.9 Å². The Kier molecular flexibility index (Phi) is 4.08. The SMILES string of the molecule is COc1ccc(C2C(C(N)=S)=C(N)Oc3ccc4ccc(=O)oc4c32)cc1. The first-order valence-electron chi connectivity index (χ1n) is 8.17. The van der Waals surface area contributed by atoms with Gasteiger partial charge in [0.15, 0.2) is 5.88 Å². The van der Waals surface area contributed by atoms with Gasteiger partial charge in [0.2, 0.25) is 0 Å². The number of thiocarbonyl (C=S) groups is 1. The van der Waals surface area contributed by atoms with Gasteiger partial charge >= 0.3 is 5.63 Å². The van der Waals surface area contributed by atoms with Crippen molar-refractivity contribution in [2.45, 2.75) is 5.92 Å². The highest BCUT2D eigenvalue weighted by molar-refractivity contribution is 7.80. The maximum Gasteiger partial charge on any atom is 0.336 e. The van der Waals surface area contributed by atoms with E-state index in [1.807, 2.05) is 24.3 Å². The molecule has 0 spiro atoms. The zero-order valence-corrected chi connectivity index (χ0v) is 15.2. The lowest BCUT2D eigenvalue weighted by Crippen LogP contribution is -2.29. The summed E-state index contributed by atoms with van der Waals surface area (Å²) in [6.45, 7) is 0. The third-order valence-electron chi connectivity index (χ3n) is 4.57. The van der Waals surface area contributed by atoms with E-state index in [1.54, 1.807) is 25.3 Å². The fourth-order valence-electron chi connectivity index (χ4n) is 3.35. The molecule has 1 atom stereocenters. The minimum atomic E-state index is -0.455. The molecular weight excluding hydrogens is 364 g/mol. The van der Waals surface area contributed by atoms with E-state index in [2.05, 4.69) is 0 Å². The number of benzene rings is 2. The average molecular weight is 380 g/mol. The molecule has 0 bridgehead atoms. The number of ether oxygens (including phenoxy) is 2. The molecule has 0 saturated carbocycles. The van der Waals surface area contributed by atoms with Crippen LogP contribution >= 0.6 is 12.2 Å². The monoisotopic (exact) mass is 380 g/mol. The second-order valence-corrected chi connectivity index (χ2v) is 6.54. The van der Waals surface area contributed by atoms with Gasteiger partial charge in [-0.1, -0.05) is 24.4 Å². The number of rotatable bonds is 3. The van der Waals surface area contributed by atoms with E-state index >= 15 is 0 Å². The fourth-order valence-corrected chi connectivity index (χ4v) is 3.57. The topological polar surface area (TPSA) is 101 Å². The van der Waals surface area contributed by atoms with Crippen LogP contribution in [0.2, 0.25) is 0 Å². The molecule has 1 aliphatic heterocycles. The third kappa shape index (κ3) is 2.82. The van der Waals surface area contributed by atoms with Crippen LogP contribution in [0.4, 0.5) is 0 Å². The predicted octanol–water partition coefficient (Wildman–Crippen LogP) is 2.78. The Hall–Kier alpha value is -3.32. The molecule has 6 nitrogen and oxygen atoms in total. The van der Waals surface area contributed by atoms with Gasteiger partial charge in [0.1, 0.15) is 22.1 Å². The van der Waals surface area contributed by atoms with Crippen molar-refractivity contribution in [3.8, 4) is 11.5 Å². The molecule has 1 aromatic heterocycles. The summed E-state index contributed by atoms with van der Waals surface area (Å²) in [5, 5.41) is 0.762. The Morgan fingerprint density at radius 1 is 1.11 bits per heavy atom. The largest absolute Gasteiger partial charge is 0.497 e. The van der Waals surface area contributed by atoms with Crippen LogP contribution in [0.3, 0.4) is 0 Å². The number of hydrogen-bond acceptors (Lipinski definition) is 6. The Morgan fingerprint density at radius 2 is 1.81 bits per heavy atom. The van der Waals surface area contributed by atoms with E-state index in [1.165, 1.54) is 6.07 Å². The second-order valence-electron chi connectivity index (χ2n) is 6.10. The molecule has 136 valence electrons. The highest BCUT2D eigenvalue weighted by Crippen LogP contribution is 2.45. The molecule has 7 heteroatoms.